The van der Waals surface area contributed by atoms with Gasteiger partial charge in [-0.15, -0.1) is 0 Å². The number of likely N-dealkylation sites (tertiary alicyclic amines) is 1. The Hall–Kier alpha value is -2.04. The van der Waals surface area contributed by atoms with E-state index in [2.05, 4.69) is 5.32 Å². The Morgan fingerprint density at radius 3 is 2.88 bits per heavy atom. The molecule has 1 saturated heterocycles. The summed E-state index contributed by atoms with van der Waals surface area (Å²) in [4.78, 5) is 25.4. The van der Waals surface area contributed by atoms with Crippen molar-refractivity contribution in [1.82, 2.24) is 10.2 Å². The predicted octanol–water partition coefficient (Wildman–Crippen LogP) is 2.67. The van der Waals surface area contributed by atoms with Crippen LogP contribution in [-0.2, 0) is 9.59 Å². The quantitative estimate of drug-likeness (QED) is 0.707. The molecule has 24 heavy (non-hydrogen) atoms. The molecule has 0 aliphatic carbocycles. The zero-order valence-corrected chi connectivity index (χ0v) is 14.6. The Morgan fingerprint density at radius 2 is 2.08 bits per heavy atom. The smallest absolute Gasteiger partial charge is 0.222 e. The Morgan fingerprint density at radius 1 is 1.25 bits per heavy atom. The number of nitrogens with one attached hydrogen (secondary N) is 1. The van der Waals surface area contributed by atoms with Crippen LogP contribution in [0, 0.1) is 6.92 Å². The van der Waals surface area contributed by atoms with E-state index in [0.717, 1.165) is 43.7 Å². The highest BCUT2D eigenvalue weighted by molar-refractivity contribution is 5.77. The van der Waals surface area contributed by atoms with Crippen LogP contribution in [0.25, 0.3) is 0 Å². The van der Waals surface area contributed by atoms with Gasteiger partial charge >= 0.3 is 0 Å². The molecule has 1 aromatic carbocycles. The van der Waals surface area contributed by atoms with Crippen molar-refractivity contribution in [2.45, 2.75) is 45.4 Å². The predicted molar refractivity (Wildman–Crippen MR) is 94.0 cm³/mol. The average Bonchev–Trinajstić information content (AvgIpc) is 2.58. The van der Waals surface area contributed by atoms with Gasteiger partial charge in [-0.2, -0.15) is 0 Å². The van der Waals surface area contributed by atoms with Gasteiger partial charge in [-0.1, -0.05) is 18.2 Å². The second-order valence-electron chi connectivity index (χ2n) is 6.26. The first kappa shape index (κ1) is 18.3. The second kappa shape index (κ2) is 9.96. The summed E-state index contributed by atoms with van der Waals surface area (Å²) in [5, 5.41) is 2.91. The van der Waals surface area contributed by atoms with Crippen LogP contribution in [0.5, 0.6) is 5.75 Å². The number of carbonyl (C=O) groups excluding carboxylic acids is 2. The highest BCUT2D eigenvalue weighted by Crippen LogP contribution is 2.16. The third-order valence-electron chi connectivity index (χ3n) is 4.25. The lowest BCUT2D eigenvalue weighted by molar-refractivity contribution is -0.133. The van der Waals surface area contributed by atoms with E-state index in [4.69, 9.17) is 4.74 Å². The number of amides is 2. The summed E-state index contributed by atoms with van der Waals surface area (Å²) in [5.41, 5.74) is 1.11. The van der Waals surface area contributed by atoms with Gasteiger partial charge in [0, 0.05) is 32.5 Å². The summed E-state index contributed by atoms with van der Waals surface area (Å²) in [5.74, 6) is 1.18. The van der Waals surface area contributed by atoms with Gasteiger partial charge in [-0.3, -0.25) is 9.59 Å². The number of rotatable bonds is 9. The maximum atomic E-state index is 11.8. The van der Waals surface area contributed by atoms with Crippen molar-refractivity contribution >= 4 is 11.8 Å². The summed E-state index contributed by atoms with van der Waals surface area (Å²) < 4.78 is 5.68. The lowest BCUT2D eigenvalue weighted by atomic mass is 10.1. The fraction of sp³-hybridized carbons (Fsp3) is 0.579. The van der Waals surface area contributed by atoms with Crippen LogP contribution in [0.3, 0.4) is 0 Å². The van der Waals surface area contributed by atoms with E-state index in [1.54, 1.807) is 0 Å². The van der Waals surface area contributed by atoms with Gasteiger partial charge in [0.15, 0.2) is 0 Å². The molecule has 0 aromatic heterocycles. The van der Waals surface area contributed by atoms with Gasteiger partial charge in [0.25, 0.3) is 0 Å². The van der Waals surface area contributed by atoms with E-state index in [0.29, 0.717) is 32.4 Å². The lowest BCUT2D eigenvalue weighted by Gasteiger charge is -2.26. The molecule has 5 heteroatoms. The molecule has 0 unspecified atom stereocenters. The summed E-state index contributed by atoms with van der Waals surface area (Å²) in [6.07, 6.45) is 4.76. The molecular formula is C19H28N2O3. The maximum absolute atomic E-state index is 11.8. The van der Waals surface area contributed by atoms with E-state index < -0.39 is 0 Å². The number of ether oxygens (including phenoxy) is 1. The molecule has 1 heterocycles. The summed E-state index contributed by atoms with van der Waals surface area (Å²) in [6, 6.07) is 7.88. The first-order valence-corrected chi connectivity index (χ1v) is 8.90. The number of piperidine rings is 1. The summed E-state index contributed by atoms with van der Waals surface area (Å²) in [6.45, 7) is 4.79. The largest absolute Gasteiger partial charge is 0.493 e. The second-order valence-corrected chi connectivity index (χ2v) is 6.26. The van der Waals surface area contributed by atoms with Gasteiger partial charge < -0.3 is 15.0 Å². The van der Waals surface area contributed by atoms with E-state index in [1.807, 2.05) is 36.1 Å². The Balaban J connectivity index is 1.51. The molecule has 1 aliphatic heterocycles. The molecule has 132 valence electrons. The monoisotopic (exact) mass is 332 g/mol. The SMILES string of the molecule is Cc1ccccc1OCCCC(=O)NCCCN1CCCCC1=O. The molecule has 5 nitrogen and oxygen atoms in total. The van der Waals surface area contributed by atoms with Gasteiger partial charge in [0.05, 0.1) is 6.61 Å². The molecule has 0 bridgehead atoms. The van der Waals surface area contributed by atoms with E-state index in [-0.39, 0.29) is 11.8 Å². The number of para-hydroxylation sites is 1. The fourth-order valence-corrected chi connectivity index (χ4v) is 2.82. The summed E-state index contributed by atoms with van der Waals surface area (Å²) in [7, 11) is 0. The molecule has 0 saturated carbocycles. The van der Waals surface area contributed by atoms with Crippen LogP contribution in [0.4, 0.5) is 0 Å². The maximum Gasteiger partial charge on any atom is 0.222 e. The van der Waals surface area contributed by atoms with E-state index >= 15 is 0 Å². The molecule has 1 N–H and O–H groups in total. The molecule has 0 spiro atoms. The van der Waals surface area contributed by atoms with Crippen molar-refractivity contribution in [2.24, 2.45) is 0 Å². The lowest BCUT2D eigenvalue weighted by Crippen LogP contribution is -2.37. The van der Waals surface area contributed by atoms with Gasteiger partial charge in [-0.25, -0.2) is 0 Å². The normalized spacial score (nSPS) is 14.5. The Kier molecular flexibility index (Phi) is 7.59. The van der Waals surface area contributed by atoms with Crippen LogP contribution in [0.2, 0.25) is 0 Å². The van der Waals surface area contributed by atoms with E-state index in [9.17, 15) is 9.59 Å². The molecule has 1 fully saturated rings. The van der Waals surface area contributed by atoms with Crippen molar-refractivity contribution in [3.63, 3.8) is 0 Å². The Labute approximate surface area is 144 Å². The molecule has 2 amide bonds. The first-order chi connectivity index (χ1) is 11.7. The van der Waals surface area contributed by atoms with Gasteiger partial charge in [0.2, 0.25) is 11.8 Å². The third kappa shape index (κ3) is 6.22. The zero-order valence-electron chi connectivity index (χ0n) is 14.6. The van der Waals surface area contributed by atoms with Gasteiger partial charge in [-0.05, 0) is 44.2 Å². The number of carbonyl (C=O) groups is 2. The minimum Gasteiger partial charge on any atom is -0.493 e. The highest BCUT2D eigenvalue weighted by atomic mass is 16.5. The number of nitrogens with zero attached hydrogens (tertiary/aromatic N) is 1. The molecular weight excluding hydrogens is 304 g/mol. The van der Waals surface area contributed by atoms with Crippen LogP contribution in [-0.4, -0.2) is 43.0 Å². The number of benzene rings is 1. The minimum absolute atomic E-state index is 0.0494. The van der Waals surface area contributed by atoms with Crippen LogP contribution < -0.4 is 10.1 Å². The molecule has 0 atom stereocenters. The number of hydrogen-bond acceptors (Lipinski definition) is 3. The molecule has 1 aromatic rings. The molecule has 0 radical (unpaired) electrons. The third-order valence-corrected chi connectivity index (χ3v) is 4.25. The van der Waals surface area contributed by atoms with Crippen LogP contribution in [0.15, 0.2) is 24.3 Å². The fourth-order valence-electron chi connectivity index (χ4n) is 2.82. The van der Waals surface area contributed by atoms with Gasteiger partial charge in [0.1, 0.15) is 5.75 Å². The van der Waals surface area contributed by atoms with Crippen molar-refractivity contribution < 1.29 is 14.3 Å². The summed E-state index contributed by atoms with van der Waals surface area (Å²) >= 11 is 0. The minimum atomic E-state index is 0.0494. The number of hydrogen-bond donors (Lipinski definition) is 1. The van der Waals surface area contributed by atoms with Crippen molar-refractivity contribution in [3.05, 3.63) is 29.8 Å². The van der Waals surface area contributed by atoms with Crippen LogP contribution >= 0.6 is 0 Å². The molecule has 2 rings (SSSR count). The highest BCUT2D eigenvalue weighted by Gasteiger charge is 2.16. The molecule has 1 aliphatic rings. The number of aryl methyl sites for hydroxylation is 1. The Bertz CT molecular complexity index is 545. The first-order valence-electron chi connectivity index (χ1n) is 8.90. The average molecular weight is 332 g/mol. The van der Waals surface area contributed by atoms with Crippen molar-refractivity contribution in [1.29, 1.82) is 0 Å². The van der Waals surface area contributed by atoms with E-state index in [1.165, 1.54) is 0 Å². The topological polar surface area (TPSA) is 58.6 Å². The van der Waals surface area contributed by atoms with Crippen molar-refractivity contribution in [3.8, 4) is 5.75 Å². The van der Waals surface area contributed by atoms with Crippen molar-refractivity contribution in [2.75, 3.05) is 26.2 Å². The standard InChI is InChI=1S/C19H28N2O3/c1-16-8-2-3-9-17(16)24-15-6-10-18(22)20-12-7-14-21-13-5-4-11-19(21)23/h2-3,8-9H,4-7,10-15H2,1H3,(H,20,22). The zero-order chi connectivity index (χ0) is 17.2. The van der Waals surface area contributed by atoms with Crippen LogP contribution in [0.1, 0.15) is 44.1 Å².